The molecule has 0 aromatic rings. The van der Waals surface area contributed by atoms with Crippen LogP contribution in [-0.2, 0) is 19.1 Å². The van der Waals surface area contributed by atoms with Crippen LogP contribution in [0.1, 0.15) is 33.1 Å². The molecule has 0 aromatic carbocycles. The molecule has 2 saturated heterocycles. The molecule has 164 valence electrons. The largest absolute Gasteiger partial charge is 0.461 e. The lowest BCUT2D eigenvalue weighted by atomic mass is 9.75. The quantitative estimate of drug-likeness (QED) is 0.386. The van der Waals surface area contributed by atoms with Gasteiger partial charge >= 0.3 is 5.97 Å². The summed E-state index contributed by atoms with van der Waals surface area (Å²) in [7, 11) is 0. The SMILES string of the molecule is CCCCCN1CC=C[C@]23S[C@@]4(C)C=CCOC(=O)[C@H]4[C@H]2C(=O)N(CCO)C3C1=O. The molecule has 2 fully saturated rings. The monoisotopic (exact) mass is 434 g/mol. The van der Waals surface area contributed by atoms with Gasteiger partial charge in [0.15, 0.2) is 0 Å². The molecule has 4 aliphatic rings. The second-order valence-electron chi connectivity index (χ2n) is 8.68. The van der Waals surface area contributed by atoms with E-state index in [0.717, 1.165) is 19.3 Å². The van der Waals surface area contributed by atoms with E-state index in [-0.39, 0.29) is 37.5 Å². The zero-order valence-electron chi connectivity index (χ0n) is 17.6. The lowest BCUT2D eigenvalue weighted by molar-refractivity contribution is -0.152. The molecular formula is C22H30N2O5S. The van der Waals surface area contributed by atoms with Crippen LogP contribution in [0.2, 0.25) is 0 Å². The minimum absolute atomic E-state index is 0.0824. The van der Waals surface area contributed by atoms with E-state index >= 15 is 0 Å². The van der Waals surface area contributed by atoms with Crippen molar-refractivity contribution < 1.29 is 24.2 Å². The van der Waals surface area contributed by atoms with Crippen molar-refractivity contribution in [2.75, 3.05) is 32.8 Å². The average Bonchev–Trinajstić information content (AvgIpc) is 2.96. The van der Waals surface area contributed by atoms with Crippen molar-refractivity contribution in [2.24, 2.45) is 11.8 Å². The Morgan fingerprint density at radius 3 is 2.67 bits per heavy atom. The van der Waals surface area contributed by atoms with Crippen LogP contribution in [0, 0.1) is 11.8 Å². The average molecular weight is 435 g/mol. The number of thioether (sulfide) groups is 1. The van der Waals surface area contributed by atoms with E-state index in [1.54, 1.807) is 0 Å². The highest BCUT2D eigenvalue weighted by molar-refractivity contribution is 8.02. The Kier molecular flexibility index (Phi) is 5.74. The Bertz CT molecular complexity index is 798. The number of rotatable bonds is 6. The normalized spacial score (nSPS) is 37.6. The smallest absolute Gasteiger partial charge is 0.311 e. The van der Waals surface area contributed by atoms with Gasteiger partial charge in [-0.25, -0.2) is 0 Å². The van der Waals surface area contributed by atoms with Crippen LogP contribution in [0.25, 0.3) is 0 Å². The lowest BCUT2D eigenvalue weighted by Gasteiger charge is -2.36. The zero-order valence-corrected chi connectivity index (χ0v) is 18.4. The zero-order chi connectivity index (χ0) is 21.5. The maximum absolute atomic E-state index is 13.7. The van der Waals surface area contributed by atoms with Gasteiger partial charge in [-0.05, 0) is 19.4 Å². The van der Waals surface area contributed by atoms with Crippen molar-refractivity contribution in [3.8, 4) is 0 Å². The van der Waals surface area contributed by atoms with Crippen LogP contribution in [0.4, 0.5) is 0 Å². The van der Waals surface area contributed by atoms with Gasteiger partial charge in [-0.3, -0.25) is 14.4 Å². The van der Waals surface area contributed by atoms with Crippen LogP contribution in [0.15, 0.2) is 24.3 Å². The first-order valence-corrected chi connectivity index (χ1v) is 11.6. The minimum atomic E-state index is -0.844. The number of β-amino-alcohol motifs (C(OH)–C–C–N with tert-alkyl or cyclic N) is 1. The predicted molar refractivity (Wildman–Crippen MR) is 114 cm³/mol. The highest BCUT2D eigenvalue weighted by Gasteiger charge is 2.73. The summed E-state index contributed by atoms with van der Waals surface area (Å²) < 4.78 is 3.91. The molecule has 0 bridgehead atoms. The Hall–Kier alpha value is -1.80. The van der Waals surface area contributed by atoms with Crippen LogP contribution < -0.4 is 0 Å². The predicted octanol–water partition coefficient (Wildman–Crippen LogP) is 1.37. The summed E-state index contributed by atoms with van der Waals surface area (Å²) in [5.41, 5.74) is 0. The van der Waals surface area contributed by atoms with Crippen LogP contribution in [0.5, 0.6) is 0 Å². The van der Waals surface area contributed by atoms with Crippen molar-refractivity contribution in [3.63, 3.8) is 0 Å². The van der Waals surface area contributed by atoms with Gasteiger partial charge in [-0.15, -0.1) is 11.8 Å². The summed E-state index contributed by atoms with van der Waals surface area (Å²) in [5, 5.41) is 9.63. The highest BCUT2D eigenvalue weighted by atomic mass is 32.2. The number of hydrogen-bond donors (Lipinski definition) is 1. The van der Waals surface area contributed by atoms with Gasteiger partial charge in [0.25, 0.3) is 0 Å². The summed E-state index contributed by atoms with van der Waals surface area (Å²) in [4.78, 5) is 43.5. The molecule has 0 saturated carbocycles. The van der Waals surface area contributed by atoms with E-state index in [9.17, 15) is 19.5 Å². The third-order valence-corrected chi connectivity index (χ3v) is 8.57. The third-order valence-electron chi connectivity index (χ3n) is 6.77. The number of cyclic esters (lactones) is 1. The van der Waals surface area contributed by atoms with Crippen LogP contribution in [-0.4, -0.2) is 81.1 Å². The topological polar surface area (TPSA) is 87.2 Å². The molecule has 5 atom stereocenters. The molecule has 2 amide bonds. The summed E-state index contributed by atoms with van der Waals surface area (Å²) in [6, 6.07) is -0.725. The Labute approximate surface area is 181 Å². The number of carbonyl (C=O) groups excluding carboxylic acids is 3. The molecule has 1 spiro atoms. The van der Waals surface area contributed by atoms with Crippen molar-refractivity contribution in [1.82, 2.24) is 9.80 Å². The van der Waals surface area contributed by atoms with Crippen LogP contribution >= 0.6 is 11.8 Å². The molecule has 7 nitrogen and oxygen atoms in total. The molecule has 4 heterocycles. The number of hydrogen-bond acceptors (Lipinski definition) is 6. The van der Waals surface area contributed by atoms with E-state index in [2.05, 4.69) is 6.92 Å². The second-order valence-corrected chi connectivity index (χ2v) is 10.5. The van der Waals surface area contributed by atoms with Crippen LogP contribution in [0.3, 0.4) is 0 Å². The van der Waals surface area contributed by atoms with E-state index in [1.165, 1.54) is 16.7 Å². The summed E-state index contributed by atoms with van der Waals surface area (Å²) in [5.74, 6) is -2.07. The summed E-state index contributed by atoms with van der Waals surface area (Å²) in [6.45, 7) is 5.27. The number of esters is 1. The number of ether oxygens (including phenoxy) is 1. The number of aliphatic hydroxyl groups is 1. The Morgan fingerprint density at radius 1 is 1.13 bits per heavy atom. The number of fused-ring (bicyclic) bond motifs is 2. The van der Waals surface area contributed by atoms with Crippen molar-refractivity contribution >= 4 is 29.5 Å². The highest BCUT2D eigenvalue weighted by Crippen LogP contribution is 2.65. The molecule has 0 aliphatic carbocycles. The molecule has 0 aromatic heterocycles. The molecule has 4 aliphatic heterocycles. The molecule has 1 N–H and O–H groups in total. The van der Waals surface area contributed by atoms with Crippen molar-refractivity contribution in [1.29, 1.82) is 0 Å². The van der Waals surface area contributed by atoms with Gasteiger partial charge in [0.05, 0.1) is 23.2 Å². The second kappa shape index (κ2) is 8.04. The fourth-order valence-electron chi connectivity index (χ4n) is 5.50. The molecule has 4 rings (SSSR count). The maximum atomic E-state index is 13.7. The lowest BCUT2D eigenvalue weighted by Crippen LogP contribution is -2.54. The maximum Gasteiger partial charge on any atom is 0.311 e. The van der Waals surface area contributed by atoms with Gasteiger partial charge in [-0.1, -0.05) is 38.0 Å². The number of amides is 2. The molecule has 0 radical (unpaired) electrons. The number of unbranched alkanes of at least 4 members (excludes halogenated alkanes) is 2. The Balaban J connectivity index is 1.78. The summed E-state index contributed by atoms with van der Waals surface area (Å²) in [6.07, 6.45) is 10.8. The molecular weight excluding hydrogens is 404 g/mol. The number of nitrogens with zero attached hydrogens (tertiary/aromatic N) is 2. The first kappa shape index (κ1) is 21.4. The number of aliphatic hydroxyl groups excluding tert-OH is 1. The van der Waals surface area contributed by atoms with Crippen molar-refractivity contribution in [2.45, 2.75) is 48.6 Å². The van der Waals surface area contributed by atoms with E-state index in [4.69, 9.17) is 4.74 Å². The number of carbonyl (C=O) groups is 3. The first-order valence-electron chi connectivity index (χ1n) is 10.8. The van der Waals surface area contributed by atoms with E-state index in [1.807, 2.05) is 36.1 Å². The fraction of sp³-hybridized carbons (Fsp3) is 0.682. The van der Waals surface area contributed by atoms with Gasteiger partial charge in [0, 0.05) is 24.4 Å². The fourth-order valence-corrected chi connectivity index (χ4v) is 7.66. The Morgan fingerprint density at radius 2 is 1.93 bits per heavy atom. The summed E-state index contributed by atoms with van der Waals surface area (Å²) >= 11 is 1.53. The molecule has 8 heteroatoms. The minimum Gasteiger partial charge on any atom is -0.461 e. The van der Waals surface area contributed by atoms with Gasteiger partial charge in [0.1, 0.15) is 12.6 Å². The standard InChI is InChI=1S/C22H30N2O5S/c1-3-4-5-10-23-11-6-9-22-15(18(26)24(12-13-25)17(22)19(23)27)16-20(28)29-14-7-8-21(16,2)30-22/h6-9,15-17,25H,3-5,10-14H2,1-2H3/t15-,16+,17?,21-,22-/m0/s1. The van der Waals surface area contributed by atoms with Gasteiger partial charge in [0.2, 0.25) is 11.8 Å². The van der Waals surface area contributed by atoms with E-state index < -0.39 is 27.4 Å². The van der Waals surface area contributed by atoms with Gasteiger partial charge in [-0.2, -0.15) is 0 Å². The van der Waals surface area contributed by atoms with Gasteiger partial charge < -0.3 is 19.6 Å². The molecule has 1 unspecified atom stereocenters. The number of likely N-dealkylation sites (tertiary alicyclic amines) is 1. The van der Waals surface area contributed by atoms with E-state index in [0.29, 0.717) is 13.1 Å². The third kappa shape index (κ3) is 3.11. The first-order chi connectivity index (χ1) is 14.4. The van der Waals surface area contributed by atoms with Crippen molar-refractivity contribution in [3.05, 3.63) is 24.3 Å². The molecule has 30 heavy (non-hydrogen) atoms.